The number of nitrogens with two attached hydrogens (primary N) is 1. The maximum Gasteiger partial charge on any atom is 0.287 e. The van der Waals surface area contributed by atoms with Crippen molar-refractivity contribution in [3.63, 3.8) is 0 Å². The van der Waals surface area contributed by atoms with E-state index in [-0.39, 0.29) is 17.6 Å². The Morgan fingerprint density at radius 1 is 1.58 bits per heavy atom. The van der Waals surface area contributed by atoms with Crippen LogP contribution in [-0.4, -0.2) is 28.0 Å². The summed E-state index contributed by atoms with van der Waals surface area (Å²) in [5, 5.41) is 13.4. The summed E-state index contributed by atoms with van der Waals surface area (Å²) in [5.41, 5.74) is 5.95. The van der Waals surface area contributed by atoms with Crippen LogP contribution in [0.25, 0.3) is 0 Å². The van der Waals surface area contributed by atoms with E-state index in [1.54, 1.807) is 4.57 Å². The number of nitro groups is 1. The molecule has 1 aromatic heterocycles. The van der Waals surface area contributed by atoms with Gasteiger partial charge in [-0.1, -0.05) is 13.8 Å². The highest BCUT2D eigenvalue weighted by atomic mass is 16.6. The molecule has 1 aromatic rings. The molecule has 0 aliphatic carbocycles. The Hall–Kier alpha value is -1.89. The lowest BCUT2D eigenvalue weighted by Crippen LogP contribution is -2.37. The molecule has 106 valence electrons. The Balaban J connectivity index is 2.84. The minimum absolute atomic E-state index is 0.0709. The molecular formula is C12H20N4O3. The SMILES string of the molecule is CCCn1cc([N+](=O)[O-])cc1C(=O)NCC(N)CC. The Morgan fingerprint density at radius 2 is 2.26 bits per heavy atom. The lowest BCUT2D eigenvalue weighted by molar-refractivity contribution is -0.384. The molecule has 1 rings (SSSR count). The van der Waals surface area contributed by atoms with Crippen LogP contribution in [0.5, 0.6) is 0 Å². The number of rotatable bonds is 7. The fraction of sp³-hybridized carbons (Fsp3) is 0.583. The normalized spacial score (nSPS) is 12.2. The van der Waals surface area contributed by atoms with Gasteiger partial charge in [0.05, 0.1) is 11.1 Å². The number of hydrogen-bond acceptors (Lipinski definition) is 4. The highest BCUT2D eigenvalue weighted by molar-refractivity contribution is 5.93. The Labute approximate surface area is 111 Å². The third-order valence-corrected chi connectivity index (χ3v) is 2.84. The zero-order valence-corrected chi connectivity index (χ0v) is 11.3. The Morgan fingerprint density at radius 3 is 2.79 bits per heavy atom. The van der Waals surface area contributed by atoms with Gasteiger partial charge in [-0.05, 0) is 12.8 Å². The third-order valence-electron chi connectivity index (χ3n) is 2.84. The summed E-state index contributed by atoms with van der Waals surface area (Å²) < 4.78 is 1.60. The first-order valence-corrected chi connectivity index (χ1v) is 6.37. The Kier molecular flexibility index (Phi) is 5.50. The van der Waals surface area contributed by atoms with Crippen LogP contribution >= 0.6 is 0 Å². The van der Waals surface area contributed by atoms with Gasteiger partial charge in [0.2, 0.25) is 0 Å². The topological polar surface area (TPSA) is 103 Å². The van der Waals surface area contributed by atoms with Crippen molar-refractivity contribution in [1.29, 1.82) is 0 Å². The molecule has 0 fully saturated rings. The van der Waals surface area contributed by atoms with E-state index >= 15 is 0 Å². The van der Waals surface area contributed by atoms with Crippen LogP contribution in [0.2, 0.25) is 0 Å². The van der Waals surface area contributed by atoms with Gasteiger partial charge in [0.25, 0.3) is 11.6 Å². The minimum Gasteiger partial charge on any atom is -0.349 e. The quantitative estimate of drug-likeness (QED) is 0.574. The summed E-state index contributed by atoms with van der Waals surface area (Å²) in [5.74, 6) is -0.328. The van der Waals surface area contributed by atoms with E-state index in [9.17, 15) is 14.9 Å². The van der Waals surface area contributed by atoms with Crippen LogP contribution in [0, 0.1) is 10.1 Å². The van der Waals surface area contributed by atoms with E-state index in [2.05, 4.69) is 5.32 Å². The maximum absolute atomic E-state index is 12.0. The predicted molar refractivity (Wildman–Crippen MR) is 72.0 cm³/mol. The van der Waals surface area contributed by atoms with Crippen molar-refractivity contribution in [2.45, 2.75) is 39.3 Å². The van der Waals surface area contributed by atoms with E-state index in [1.165, 1.54) is 12.3 Å². The number of carbonyl (C=O) groups is 1. The summed E-state index contributed by atoms with van der Waals surface area (Å²) in [6.07, 6.45) is 2.94. The molecule has 0 aromatic carbocycles. The van der Waals surface area contributed by atoms with Crippen LogP contribution in [0.3, 0.4) is 0 Å². The number of aryl methyl sites for hydroxylation is 1. The van der Waals surface area contributed by atoms with Crippen LogP contribution in [0.15, 0.2) is 12.3 Å². The minimum atomic E-state index is -0.499. The van der Waals surface area contributed by atoms with Gasteiger partial charge in [0.15, 0.2) is 0 Å². The lowest BCUT2D eigenvalue weighted by Gasteiger charge is -2.11. The monoisotopic (exact) mass is 268 g/mol. The zero-order valence-electron chi connectivity index (χ0n) is 11.3. The summed E-state index contributed by atoms with van der Waals surface area (Å²) >= 11 is 0. The average Bonchev–Trinajstić information content (AvgIpc) is 2.80. The fourth-order valence-electron chi connectivity index (χ4n) is 1.67. The van der Waals surface area contributed by atoms with Gasteiger partial charge in [-0.15, -0.1) is 0 Å². The van der Waals surface area contributed by atoms with Gasteiger partial charge >= 0.3 is 0 Å². The van der Waals surface area contributed by atoms with Crippen LogP contribution < -0.4 is 11.1 Å². The molecule has 0 aliphatic rings. The first-order valence-electron chi connectivity index (χ1n) is 6.37. The van der Waals surface area contributed by atoms with Crippen LogP contribution in [-0.2, 0) is 6.54 Å². The van der Waals surface area contributed by atoms with E-state index in [0.717, 1.165) is 12.8 Å². The van der Waals surface area contributed by atoms with E-state index < -0.39 is 4.92 Å². The van der Waals surface area contributed by atoms with Crippen LogP contribution in [0.1, 0.15) is 37.2 Å². The zero-order chi connectivity index (χ0) is 14.4. The number of nitrogens with one attached hydrogen (secondary N) is 1. The number of aromatic nitrogens is 1. The molecule has 1 heterocycles. The Bertz CT molecular complexity index is 456. The molecule has 1 unspecified atom stereocenters. The molecule has 7 nitrogen and oxygen atoms in total. The molecule has 19 heavy (non-hydrogen) atoms. The van der Waals surface area contributed by atoms with Crippen molar-refractivity contribution < 1.29 is 9.72 Å². The number of amides is 1. The van der Waals surface area contributed by atoms with Crippen molar-refractivity contribution in [3.8, 4) is 0 Å². The van der Waals surface area contributed by atoms with Crippen molar-refractivity contribution in [2.24, 2.45) is 5.73 Å². The fourth-order valence-corrected chi connectivity index (χ4v) is 1.67. The predicted octanol–water partition coefficient (Wildman–Crippen LogP) is 1.27. The molecule has 3 N–H and O–H groups in total. The second kappa shape index (κ2) is 6.89. The molecule has 0 aliphatic heterocycles. The number of hydrogen-bond donors (Lipinski definition) is 2. The standard InChI is InChI=1S/C12H20N4O3/c1-3-5-15-8-10(16(18)19)6-11(15)12(17)14-7-9(13)4-2/h6,8-9H,3-5,7,13H2,1-2H3,(H,14,17). The van der Waals surface area contributed by atoms with Crippen molar-refractivity contribution in [2.75, 3.05) is 6.54 Å². The van der Waals surface area contributed by atoms with E-state index in [4.69, 9.17) is 5.73 Å². The largest absolute Gasteiger partial charge is 0.349 e. The molecule has 1 amide bonds. The smallest absolute Gasteiger partial charge is 0.287 e. The van der Waals surface area contributed by atoms with Gasteiger partial charge in [0.1, 0.15) is 5.69 Å². The van der Waals surface area contributed by atoms with Crippen LogP contribution in [0.4, 0.5) is 5.69 Å². The van der Waals surface area contributed by atoms with E-state index in [0.29, 0.717) is 18.8 Å². The first kappa shape index (κ1) is 15.2. The summed E-state index contributed by atoms with van der Waals surface area (Å²) in [4.78, 5) is 22.2. The molecule has 0 radical (unpaired) electrons. The first-order chi connectivity index (χ1) is 8.99. The molecule has 0 saturated carbocycles. The van der Waals surface area contributed by atoms with Gasteiger partial charge in [0, 0.05) is 25.2 Å². The number of carbonyl (C=O) groups excluding carboxylic acids is 1. The second-order valence-electron chi connectivity index (χ2n) is 4.41. The molecule has 7 heteroatoms. The van der Waals surface area contributed by atoms with Gasteiger partial charge < -0.3 is 15.6 Å². The molecule has 0 bridgehead atoms. The lowest BCUT2D eigenvalue weighted by atomic mass is 10.2. The molecular weight excluding hydrogens is 248 g/mol. The summed E-state index contributed by atoms with van der Waals surface area (Å²) in [6.45, 7) is 4.80. The van der Waals surface area contributed by atoms with Gasteiger partial charge in [-0.2, -0.15) is 0 Å². The highest BCUT2D eigenvalue weighted by Gasteiger charge is 2.19. The maximum atomic E-state index is 12.0. The highest BCUT2D eigenvalue weighted by Crippen LogP contribution is 2.17. The average molecular weight is 268 g/mol. The molecule has 1 atom stereocenters. The van der Waals surface area contributed by atoms with Crippen molar-refractivity contribution in [3.05, 3.63) is 28.1 Å². The van der Waals surface area contributed by atoms with Crippen molar-refractivity contribution >= 4 is 11.6 Å². The van der Waals surface area contributed by atoms with Crippen molar-refractivity contribution in [1.82, 2.24) is 9.88 Å². The molecule has 0 spiro atoms. The van der Waals surface area contributed by atoms with E-state index in [1.807, 2.05) is 13.8 Å². The number of nitrogens with zero attached hydrogens (tertiary/aromatic N) is 2. The second-order valence-corrected chi connectivity index (χ2v) is 4.41. The summed E-state index contributed by atoms with van der Waals surface area (Å²) in [7, 11) is 0. The third kappa shape index (κ3) is 4.06. The molecule has 0 saturated heterocycles. The van der Waals surface area contributed by atoms with Gasteiger partial charge in [-0.25, -0.2) is 0 Å². The van der Waals surface area contributed by atoms with Gasteiger partial charge in [-0.3, -0.25) is 14.9 Å². The summed E-state index contributed by atoms with van der Waals surface area (Å²) in [6, 6.07) is 1.19.